The molecule has 0 bridgehead atoms. The zero-order chi connectivity index (χ0) is 12.0. The number of likely N-dealkylation sites (N-methyl/N-ethyl adjacent to an activating group) is 1. The van der Waals surface area contributed by atoms with Crippen LogP contribution in [0.2, 0.25) is 0 Å². The lowest BCUT2D eigenvalue weighted by Gasteiger charge is -2.13. The molecule has 0 aromatic heterocycles. The van der Waals surface area contributed by atoms with Crippen LogP contribution in [0.4, 0.5) is 10.1 Å². The lowest BCUT2D eigenvalue weighted by molar-refractivity contribution is 0.413. The summed E-state index contributed by atoms with van der Waals surface area (Å²) < 4.78 is 12.9. The Hall–Kier alpha value is -1.20. The second kappa shape index (κ2) is 6.40. The Morgan fingerprint density at radius 2 is 2.19 bits per heavy atom. The van der Waals surface area contributed by atoms with Crippen LogP contribution in [0.5, 0.6) is 0 Å². The van der Waals surface area contributed by atoms with Crippen molar-refractivity contribution >= 4 is 23.0 Å². The average molecular weight is 241 g/mol. The third-order valence-electron chi connectivity index (χ3n) is 1.93. The highest BCUT2D eigenvalue weighted by Gasteiger charge is 1.98. The van der Waals surface area contributed by atoms with E-state index in [0.29, 0.717) is 10.8 Å². The predicted octanol–water partition coefficient (Wildman–Crippen LogP) is 1.67. The molecule has 1 aromatic rings. The Morgan fingerprint density at radius 3 is 2.81 bits per heavy atom. The maximum Gasteiger partial charge on any atom is 0.170 e. The maximum absolute atomic E-state index is 12.9. The first-order chi connectivity index (χ1) is 7.58. The molecule has 16 heavy (non-hydrogen) atoms. The van der Waals surface area contributed by atoms with E-state index < -0.39 is 0 Å². The number of nitrogens with one attached hydrogen (secondary N) is 2. The lowest BCUT2D eigenvalue weighted by Crippen LogP contribution is -2.34. The van der Waals surface area contributed by atoms with Crippen LogP contribution in [-0.4, -0.2) is 37.2 Å². The van der Waals surface area contributed by atoms with E-state index in [9.17, 15) is 4.39 Å². The molecule has 1 aromatic carbocycles. The number of rotatable bonds is 4. The highest BCUT2D eigenvalue weighted by molar-refractivity contribution is 7.80. The van der Waals surface area contributed by atoms with Gasteiger partial charge in [0, 0.05) is 18.8 Å². The van der Waals surface area contributed by atoms with Crippen LogP contribution in [-0.2, 0) is 0 Å². The van der Waals surface area contributed by atoms with Crippen molar-refractivity contribution in [2.24, 2.45) is 0 Å². The van der Waals surface area contributed by atoms with Gasteiger partial charge < -0.3 is 15.5 Å². The number of hydrogen-bond donors (Lipinski definition) is 2. The number of anilines is 1. The summed E-state index contributed by atoms with van der Waals surface area (Å²) in [5.74, 6) is -0.277. The van der Waals surface area contributed by atoms with Crippen molar-refractivity contribution in [3.8, 4) is 0 Å². The lowest BCUT2D eigenvalue weighted by atomic mass is 10.3. The molecule has 0 amide bonds. The molecule has 2 N–H and O–H groups in total. The summed E-state index contributed by atoms with van der Waals surface area (Å²) in [5, 5.41) is 6.46. The van der Waals surface area contributed by atoms with Crippen LogP contribution in [0.15, 0.2) is 24.3 Å². The van der Waals surface area contributed by atoms with Gasteiger partial charge in [0.05, 0.1) is 0 Å². The van der Waals surface area contributed by atoms with Crippen LogP contribution in [0.3, 0.4) is 0 Å². The smallest absolute Gasteiger partial charge is 0.170 e. The van der Waals surface area contributed by atoms with E-state index >= 15 is 0 Å². The van der Waals surface area contributed by atoms with Gasteiger partial charge in [-0.3, -0.25) is 0 Å². The average Bonchev–Trinajstić information content (AvgIpc) is 2.16. The number of hydrogen-bond acceptors (Lipinski definition) is 2. The Morgan fingerprint density at radius 1 is 1.44 bits per heavy atom. The van der Waals surface area contributed by atoms with Gasteiger partial charge in [0.1, 0.15) is 5.82 Å². The summed E-state index contributed by atoms with van der Waals surface area (Å²) in [6.07, 6.45) is 0. The van der Waals surface area contributed by atoms with Crippen molar-refractivity contribution in [3.63, 3.8) is 0 Å². The molecule has 0 saturated heterocycles. The molecule has 88 valence electrons. The molecule has 0 spiro atoms. The summed E-state index contributed by atoms with van der Waals surface area (Å²) in [6, 6.07) is 6.21. The van der Waals surface area contributed by atoms with Crippen LogP contribution < -0.4 is 10.6 Å². The number of halogens is 1. The summed E-state index contributed by atoms with van der Waals surface area (Å²) in [5.41, 5.74) is 0.655. The first kappa shape index (κ1) is 12.9. The third-order valence-corrected chi connectivity index (χ3v) is 2.17. The Kier molecular flexibility index (Phi) is 5.14. The van der Waals surface area contributed by atoms with Crippen molar-refractivity contribution in [3.05, 3.63) is 30.1 Å². The second-order valence-corrected chi connectivity index (χ2v) is 4.10. The Labute approximate surface area is 101 Å². The summed E-state index contributed by atoms with van der Waals surface area (Å²) in [7, 11) is 3.98. The predicted molar refractivity (Wildman–Crippen MR) is 69.2 cm³/mol. The first-order valence-corrected chi connectivity index (χ1v) is 5.44. The molecule has 0 radical (unpaired) electrons. The third kappa shape index (κ3) is 5.04. The van der Waals surface area contributed by atoms with Crippen LogP contribution in [0.1, 0.15) is 0 Å². The van der Waals surface area contributed by atoms with Gasteiger partial charge in [-0.2, -0.15) is 0 Å². The fourth-order valence-corrected chi connectivity index (χ4v) is 1.35. The highest BCUT2D eigenvalue weighted by Crippen LogP contribution is 2.08. The Balaban J connectivity index is 2.34. The topological polar surface area (TPSA) is 27.3 Å². The second-order valence-electron chi connectivity index (χ2n) is 3.69. The molecule has 5 heteroatoms. The van der Waals surface area contributed by atoms with Gasteiger partial charge in [-0.15, -0.1) is 0 Å². The molecule has 0 unspecified atom stereocenters. The molecule has 1 rings (SSSR count). The highest BCUT2D eigenvalue weighted by atomic mass is 32.1. The van der Waals surface area contributed by atoms with Gasteiger partial charge in [0.15, 0.2) is 5.11 Å². The quantitative estimate of drug-likeness (QED) is 0.784. The fraction of sp³-hybridized carbons (Fsp3) is 0.364. The van der Waals surface area contributed by atoms with Gasteiger partial charge in [-0.25, -0.2) is 4.39 Å². The summed E-state index contributed by atoms with van der Waals surface area (Å²) in [6.45, 7) is 1.65. The van der Waals surface area contributed by atoms with Crippen molar-refractivity contribution in [1.82, 2.24) is 10.2 Å². The maximum atomic E-state index is 12.9. The number of thiocarbonyl (C=S) groups is 1. The molecular weight excluding hydrogens is 225 g/mol. The standard InChI is InChI=1S/C11H16FN3S/c1-15(2)7-6-13-11(16)14-10-5-3-4-9(12)8-10/h3-5,8H,6-7H2,1-2H3,(H2,13,14,16). The molecule has 0 aliphatic heterocycles. The van der Waals surface area contributed by atoms with Crippen molar-refractivity contribution in [2.75, 3.05) is 32.5 Å². The van der Waals surface area contributed by atoms with Gasteiger partial charge >= 0.3 is 0 Å². The zero-order valence-electron chi connectivity index (χ0n) is 9.46. The van der Waals surface area contributed by atoms with Gasteiger partial charge in [0.25, 0.3) is 0 Å². The van der Waals surface area contributed by atoms with E-state index in [0.717, 1.165) is 13.1 Å². The van der Waals surface area contributed by atoms with E-state index in [1.165, 1.54) is 12.1 Å². The Bertz CT molecular complexity index is 355. The SMILES string of the molecule is CN(C)CCNC(=S)Nc1cccc(F)c1. The van der Waals surface area contributed by atoms with E-state index in [4.69, 9.17) is 12.2 Å². The van der Waals surface area contributed by atoms with Crippen LogP contribution in [0.25, 0.3) is 0 Å². The van der Waals surface area contributed by atoms with Gasteiger partial charge in [-0.1, -0.05) is 6.07 Å². The minimum Gasteiger partial charge on any atom is -0.361 e. The van der Waals surface area contributed by atoms with Crippen molar-refractivity contribution in [1.29, 1.82) is 0 Å². The first-order valence-electron chi connectivity index (χ1n) is 5.03. The van der Waals surface area contributed by atoms with E-state index in [-0.39, 0.29) is 5.82 Å². The molecule has 0 aliphatic carbocycles. The van der Waals surface area contributed by atoms with E-state index in [1.54, 1.807) is 12.1 Å². The van der Waals surface area contributed by atoms with Gasteiger partial charge in [0.2, 0.25) is 0 Å². The van der Waals surface area contributed by atoms with Crippen molar-refractivity contribution < 1.29 is 4.39 Å². The fourth-order valence-electron chi connectivity index (χ4n) is 1.13. The molecule has 3 nitrogen and oxygen atoms in total. The summed E-state index contributed by atoms with van der Waals surface area (Å²) in [4.78, 5) is 2.05. The largest absolute Gasteiger partial charge is 0.361 e. The summed E-state index contributed by atoms with van der Waals surface area (Å²) >= 11 is 5.07. The van der Waals surface area contributed by atoms with Crippen LogP contribution >= 0.6 is 12.2 Å². The van der Waals surface area contributed by atoms with Gasteiger partial charge in [-0.05, 0) is 44.5 Å². The minimum atomic E-state index is -0.277. The number of nitrogens with zero attached hydrogens (tertiary/aromatic N) is 1. The molecule has 0 aliphatic rings. The minimum absolute atomic E-state index is 0.277. The van der Waals surface area contributed by atoms with Crippen molar-refractivity contribution in [2.45, 2.75) is 0 Å². The van der Waals surface area contributed by atoms with E-state index in [2.05, 4.69) is 15.5 Å². The molecule has 0 saturated carbocycles. The molecule has 0 heterocycles. The van der Waals surface area contributed by atoms with E-state index in [1.807, 2.05) is 14.1 Å². The molecule has 0 fully saturated rings. The van der Waals surface area contributed by atoms with Crippen LogP contribution in [0, 0.1) is 5.82 Å². The molecular formula is C11H16FN3S. The zero-order valence-corrected chi connectivity index (χ0v) is 10.3. The molecule has 0 atom stereocenters. The monoisotopic (exact) mass is 241 g/mol. The normalized spacial score (nSPS) is 10.2. The number of benzene rings is 1.